The first-order valence-corrected chi connectivity index (χ1v) is 14.5. The van der Waals surface area contributed by atoms with Crippen LogP contribution in [-0.2, 0) is 31.9 Å². The minimum atomic E-state index is -0.576. The molecular formula is C32H45BN2O6. The second-order valence-electron chi connectivity index (χ2n) is 13.1. The van der Waals surface area contributed by atoms with E-state index in [0.29, 0.717) is 25.4 Å². The van der Waals surface area contributed by atoms with Gasteiger partial charge in [0.05, 0.1) is 23.7 Å². The fraction of sp³-hybridized carbons (Fsp3) is 0.562. The van der Waals surface area contributed by atoms with Gasteiger partial charge in [-0.25, -0.2) is 4.79 Å². The van der Waals surface area contributed by atoms with Gasteiger partial charge in [0.25, 0.3) is 0 Å². The molecule has 2 saturated heterocycles. The van der Waals surface area contributed by atoms with Crippen LogP contribution in [0.5, 0.6) is 5.75 Å². The Hall–Kier alpha value is -3.04. The van der Waals surface area contributed by atoms with Crippen molar-refractivity contribution in [3.63, 3.8) is 0 Å². The summed E-state index contributed by atoms with van der Waals surface area (Å²) in [4.78, 5) is 29.8. The van der Waals surface area contributed by atoms with Crippen molar-refractivity contribution in [2.45, 2.75) is 97.2 Å². The molecule has 0 N–H and O–H groups in total. The zero-order chi connectivity index (χ0) is 30.0. The lowest BCUT2D eigenvalue weighted by Gasteiger charge is -2.38. The van der Waals surface area contributed by atoms with Crippen molar-refractivity contribution in [2.75, 3.05) is 20.1 Å². The number of rotatable bonds is 7. The highest BCUT2D eigenvalue weighted by atomic mass is 16.7. The lowest BCUT2D eigenvalue weighted by molar-refractivity contribution is -0.132. The molecule has 2 aliphatic rings. The van der Waals surface area contributed by atoms with E-state index in [4.69, 9.17) is 18.8 Å². The summed E-state index contributed by atoms with van der Waals surface area (Å²) in [6.07, 6.45) is 1.43. The van der Waals surface area contributed by atoms with Gasteiger partial charge in [0.1, 0.15) is 18.0 Å². The number of likely N-dealkylation sites (tertiary alicyclic amines) is 1. The van der Waals surface area contributed by atoms with Crippen molar-refractivity contribution in [1.82, 2.24) is 9.80 Å². The molecule has 0 spiro atoms. The number of carbonyl (C=O) groups is 2. The third-order valence-corrected chi connectivity index (χ3v) is 8.17. The number of nitrogens with zero attached hydrogens (tertiary/aromatic N) is 2. The predicted octanol–water partition coefficient (Wildman–Crippen LogP) is 4.97. The largest absolute Gasteiger partial charge is 0.494 e. The maximum Gasteiger partial charge on any atom is 0.494 e. The van der Waals surface area contributed by atoms with Gasteiger partial charge in [0.15, 0.2) is 0 Å². The molecule has 2 aromatic rings. The summed E-state index contributed by atoms with van der Waals surface area (Å²) < 4.78 is 24.4. The molecule has 8 nitrogen and oxygen atoms in total. The van der Waals surface area contributed by atoms with Crippen LogP contribution >= 0.6 is 0 Å². The molecule has 2 fully saturated rings. The van der Waals surface area contributed by atoms with E-state index in [2.05, 4.69) is 0 Å². The predicted molar refractivity (Wildman–Crippen MR) is 160 cm³/mol. The zero-order valence-electron chi connectivity index (χ0n) is 25.9. The maximum atomic E-state index is 13.7. The first-order valence-electron chi connectivity index (χ1n) is 14.5. The van der Waals surface area contributed by atoms with Crippen molar-refractivity contribution in [1.29, 1.82) is 0 Å². The summed E-state index contributed by atoms with van der Waals surface area (Å²) in [5, 5.41) is 0. The van der Waals surface area contributed by atoms with Crippen molar-refractivity contribution < 1.29 is 28.4 Å². The van der Waals surface area contributed by atoms with E-state index in [-0.39, 0.29) is 24.5 Å². The van der Waals surface area contributed by atoms with Crippen LogP contribution in [0.15, 0.2) is 48.5 Å². The average molecular weight is 565 g/mol. The van der Waals surface area contributed by atoms with Crippen LogP contribution in [0.25, 0.3) is 0 Å². The molecule has 2 aliphatic heterocycles. The average Bonchev–Trinajstić information content (AvgIpc) is 3.13. The van der Waals surface area contributed by atoms with Crippen LogP contribution in [0, 0.1) is 0 Å². The monoisotopic (exact) mass is 564 g/mol. The Bertz CT molecular complexity index is 1210. The van der Waals surface area contributed by atoms with Crippen LogP contribution in [0.2, 0.25) is 0 Å². The number of piperidine rings is 1. The van der Waals surface area contributed by atoms with E-state index >= 15 is 0 Å². The van der Waals surface area contributed by atoms with Crippen molar-refractivity contribution >= 4 is 24.6 Å². The Labute approximate surface area is 245 Å². The Morgan fingerprint density at radius 3 is 2.34 bits per heavy atom. The van der Waals surface area contributed by atoms with Crippen molar-refractivity contribution in [2.24, 2.45) is 0 Å². The topological polar surface area (TPSA) is 77.5 Å². The number of carbonyl (C=O) groups excluding carboxylic acids is 2. The number of hydrogen-bond donors (Lipinski definition) is 0. The van der Waals surface area contributed by atoms with Crippen LogP contribution in [0.4, 0.5) is 4.79 Å². The van der Waals surface area contributed by atoms with Crippen LogP contribution in [0.3, 0.4) is 0 Å². The maximum absolute atomic E-state index is 13.7. The second kappa shape index (κ2) is 12.1. The first kappa shape index (κ1) is 30.9. The standard InChI is InChI=1S/C32H45BN2O6/c1-30(2,3)39-29(37)34(8)26-15-12-18-35(21-26)28(36)20-24-19-25(33-40-31(4,5)32(6,7)41-33)16-17-27(24)38-22-23-13-10-9-11-14-23/h9-11,13-14,16-17,19,26H,12,15,18,20-22H2,1-8H3/t26-/m1/s1. The van der Waals surface area contributed by atoms with Gasteiger partial charge in [-0.15, -0.1) is 0 Å². The molecular weight excluding hydrogens is 519 g/mol. The van der Waals surface area contributed by atoms with Crippen molar-refractivity contribution in [3.05, 3.63) is 59.7 Å². The van der Waals surface area contributed by atoms with Gasteiger partial charge in [0, 0.05) is 25.7 Å². The van der Waals surface area contributed by atoms with Crippen LogP contribution in [-0.4, -0.2) is 71.9 Å². The molecule has 0 radical (unpaired) electrons. The molecule has 9 heteroatoms. The number of benzene rings is 2. The fourth-order valence-corrected chi connectivity index (χ4v) is 4.99. The van der Waals surface area contributed by atoms with Crippen LogP contribution in [0.1, 0.15) is 72.4 Å². The quantitative estimate of drug-likeness (QED) is 0.443. The first-order chi connectivity index (χ1) is 19.1. The van der Waals surface area contributed by atoms with E-state index in [1.807, 2.05) is 102 Å². The van der Waals surface area contributed by atoms with Gasteiger partial charge < -0.3 is 28.6 Å². The Morgan fingerprint density at radius 1 is 1.05 bits per heavy atom. The smallest absolute Gasteiger partial charge is 0.489 e. The zero-order valence-corrected chi connectivity index (χ0v) is 25.9. The highest BCUT2D eigenvalue weighted by molar-refractivity contribution is 6.62. The fourth-order valence-electron chi connectivity index (χ4n) is 4.99. The Morgan fingerprint density at radius 2 is 1.71 bits per heavy atom. The minimum Gasteiger partial charge on any atom is -0.489 e. The van der Waals surface area contributed by atoms with Gasteiger partial charge in [-0.1, -0.05) is 42.5 Å². The summed E-state index contributed by atoms with van der Waals surface area (Å²) in [6.45, 7) is 15.2. The summed E-state index contributed by atoms with van der Waals surface area (Å²) in [5.74, 6) is 0.643. The third kappa shape index (κ3) is 7.63. The highest BCUT2D eigenvalue weighted by Crippen LogP contribution is 2.37. The van der Waals surface area contributed by atoms with E-state index < -0.39 is 23.9 Å². The molecule has 0 aromatic heterocycles. The summed E-state index contributed by atoms with van der Waals surface area (Å²) in [7, 11) is 1.20. The summed E-state index contributed by atoms with van der Waals surface area (Å²) in [5.41, 5.74) is 1.15. The minimum absolute atomic E-state index is 0.0112. The molecule has 0 bridgehead atoms. The van der Waals surface area contributed by atoms with E-state index in [1.54, 1.807) is 11.9 Å². The summed E-state index contributed by atoms with van der Waals surface area (Å²) in [6, 6.07) is 15.7. The van der Waals surface area contributed by atoms with E-state index in [0.717, 1.165) is 29.4 Å². The molecule has 2 amide bonds. The van der Waals surface area contributed by atoms with E-state index in [9.17, 15) is 9.59 Å². The molecule has 4 rings (SSSR count). The van der Waals surface area contributed by atoms with Gasteiger partial charge in [0.2, 0.25) is 5.91 Å². The number of amides is 2. The molecule has 222 valence electrons. The van der Waals surface area contributed by atoms with Gasteiger partial charge in [-0.2, -0.15) is 0 Å². The molecule has 0 saturated carbocycles. The number of hydrogen-bond acceptors (Lipinski definition) is 6. The normalized spacial score (nSPS) is 20.0. The van der Waals surface area contributed by atoms with Gasteiger partial charge in [-0.05, 0) is 78.4 Å². The molecule has 2 aromatic carbocycles. The number of likely N-dealkylation sites (N-methyl/N-ethyl adjacent to an activating group) is 1. The molecule has 0 aliphatic carbocycles. The van der Waals surface area contributed by atoms with Crippen molar-refractivity contribution in [3.8, 4) is 5.75 Å². The Kier molecular flexibility index (Phi) is 9.09. The highest BCUT2D eigenvalue weighted by Gasteiger charge is 2.51. The second-order valence-corrected chi connectivity index (χ2v) is 13.1. The number of ether oxygens (including phenoxy) is 2. The van der Waals surface area contributed by atoms with Gasteiger partial charge in [-0.3, -0.25) is 4.79 Å². The molecule has 41 heavy (non-hydrogen) atoms. The van der Waals surface area contributed by atoms with E-state index in [1.165, 1.54) is 0 Å². The summed E-state index contributed by atoms with van der Waals surface area (Å²) >= 11 is 0. The van der Waals surface area contributed by atoms with Gasteiger partial charge >= 0.3 is 13.2 Å². The lowest BCUT2D eigenvalue weighted by Crippen LogP contribution is -2.51. The molecule has 1 atom stereocenters. The Balaban J connectivity index is 1.52. The van der Waals surface area contributed by atoms with Crippen LogP contribution < -0.4 is 10.2 Å². The SMILES string of the molecule is CN(C(=O)OC(C)(C)C)[C@@H]1CCCN(C(=O)Cc2cc(B3OC(C)(C)C(C)(C)O3)ccc2OCc2ccccc2)C1. The molecule has 2 heterocycles. The lowest BCUT2D eigenvalue weighted by atomic mass is 9.78. The molecule has 0 unspecified atom stereocenters. The third-order valence-electron chi connectivity index (χ3n) is 8.17.